The highest BCUT2D eigenvalue weighted by Gasteiger charge is 2.33. The normalized spacial score (nSPS) is 13.9. The van der Waals surface area contributed by atoms with Crippen LogP contribution in [0.1, 0.15) is 40.5 Å². The largest absolute Gasteiger partial charge is 0.480 e. The van der Waals surface area contributed by atoms with Crippen molar-refractivity contribution in [1.29, 1.82) is 0 Å². The van der Waals surface area contributed by atoms with Crippen LogP contribution < -0.4 is 5.32 Å². The molecule has 0 aromatic heterocycles. The molecule has 4 heteroatoms. The van der Waals surface area contributed by atoms with E-state index in [1.165, 1.54) is 13.0 Å². The predicted molar refractivity (Wildman–Crippen MR) is 58.5 cm³/mol. The lowest BCUT2D eigenvalue weighted by molar-refractivity contribution is -0.146. The summed E-state index contributed by atoms with van der Waals surface area (Å²) in [6, 6.07) is 0. The highest BCUT2D eigenvalue weighted by Crippen LogP contribution is 2.12. The van der Waals surface area contributed by atoms with E-state index in [2.05, 4.69) is 5.32 Å². The Morgan fingerprint density at radius 1 is 1.40 bits per heavy atom. The second-order valence-corrected chi connectivity index (χ2v) is 4.10. The van der Waals surface area contributed by atoms with Crippen LogP contribution >= 0.6 is 0 Å². The predicted octanol–water partition coefficient (Wildman–Crippen LogP) is 1.71. The maximum Gasteiger partial charge on any atom is 0.329 e. The molecule has 0 aromatic carbocycles. The molecule has 0 saturated carbocycles. The zero-order valence-electron chi connectivity index (χ0n) is 9.76. The quantitative estimate of drug-likeness (QED) is 0.683. The molecule has 0 bridgehead atoms. The summed E-state index contributed by atoms with van der Waals surface area (Å²) >= 11 is 0. The fourth-order valence-electron chi connectivity index (χ4n) is 1.29. The Morgan fingerprint density at radius 3 is 2.27 bits per heavy atom. The number of carbonyl (C=O) groups excluding carboxylic acids is 1. The van der Waals surface area contributed by atoms with Crippen LogP contribution in [0, 0.1) is 0 Å². The minimum Gasteiger partial charge on any atom is -0.480 e. The molecule has 86 valence electrons. The van der Waals surface area contributed by atoms with E-state index in [0.29, 0.717) is 12.8 Å². The Morgan fingerprint density at radius 2 is 1.93 bits per heavy atom. The molecular weight excluding hydrogens is 194 g/mol. The van der Waals surface area contributed by atoms with Crippen molar-refractivity contribution in [2.24, 2.45) is 0 Å². The molecule has 1 unspecified atom stereocenters. The van der Waals surface area contributed by atoms with Gasteiger partial charge in [0.05, 0.1) is 0 Å². The second kappa shape index (κ2) is 5.53. The molecule has 0 saturated heterocycles. The molecule has 0 aliphatic carbocycles. The standard InChI is InChI=1S/C11H19NO3/c1-5-6-11(4,10(14)15)12-9(13)7-8(2)3/h7H,5-6H2,1-4H3,(H,12,13)(H,14,15). The van der Waals surface area contributed by atoms with Crippen molar-refractivity contribution >= 4 is 11.9 Å². The van der Waals surface area contributed by atoms with Crippen LogP contribution in [-0.2, 0) is 9.59 Å². The fourth-order valence-corrected chi connectivity index (χ4v) is 1.29. The van der Waals surface area contributed by atoms with E-state index in [-0.39, 0.29) is 5.91 Å². The summed E-state index contributed by atoms with van der Waals surface area (Å²) < 4.78 is 0. The first kappa shape index (κ1) is 13.7. The summed E-state index contributed by atoms with van der Waals surface area (Å²) in [4.78, 5) is 22.4. The fraction of sp³-hybridized carbons (Fsp3) is 0.636. The maximum absolute atomic E-state index is 11.4. The molecule has 0 aromatic rings. The monoisotopic (exact) mass is 213 g/mol. The van der Waals surface area contributed by atoms with Crippen molar-refractivity contribution < 1.29 is 14.7 Å². The van der Waals surface area contributed by atoms with Crippen molar-refractivity contribution in [3.05, 3.63) is 11.6 Å². The van der Waals surface area contributed by atoms with Gasteiger partial charge in [-0.3, -0.25) is 4.79 Å². The lowest BCUT2D eigenvalue weighted by Crippen LogP contribution is -2.51. The molecule has 1 amide bonds. The van der Waals surface area contributed by atoms with Crippen LogP contribution in [0.2, 0.25) is 0 Å². The van der Waals surface area contributed by atoms with Gasteiger partial charge < -0.3 is 10.4 Å². The van der Waals surface area contributed by atoms with Gasteiger partial charge >= 0.3 is 5.97 Å². The van der Waals surface area contributed by atoms with Gasteiger partial charge in [-0.2, -0.15) is 0 Å². The maximum atomic E-state index is 11.4. The summed E-state index contributed by atoms with van der Waals surface area (Å²) in [6.45, 7) is 6.98. The molecule has 0 rings (SSSR count). The zero-order chi connectivity index (χ0) is 12.1. The van der Waals surface area contributed by atoms with E-state index in [9.17, 15) is 9.59 Å². The lowest BCUT2D eigenvalue weighted by Gasteiger charge is -2.25. The first-order valence-corrected chi connectivity index (χ1v) is 5.02. The van der Waals surface area contributed by atoms with E-state index in [1.807, 2.05) is 6.92 Å². The van der Waals surface area contributed by atoms with Gasteiger partial charge in [-0.15, -0.1) is 0 Å². The van der Waals surface area contributed by atoms with Crippen LogP contribution in [0.4, 0.5) is 0 Å². The lowest BCUT2D eigenvalue weighted by atomic mass is 9.96. The summed E-state index contributed by atoms with van der Waals surface area (Å²) in [5.74, 6) is -1.35. The minimum absolute atomic E-state index is 0.353. The van der Waals surface area contributed by atoms with E-state index in [1.54, 1.807) is 13.8 Å². The molecule has 0 fully saturated rings. The average Bonchev–Trinajstić information content (AvgIpc) is 2.01. The zero-order valence-corrected chi connectivity index (χ0v) is 9.76. The average molecular weight is 213 g/mol. The van der Waals surface area contributed by atoms with Crippen LogP contribution in [-0.4, -0.2) is 22.5 Å². The van der Waals surface area contributed by atoms with E-state index in [0.717, 1.165) is 5.57 Å². The smallest absolute Gasteiger partial charge is 0.329 e. The Bertz CT molecular complexity index is 280. The SMILES string of the molecule is CCCC(C)(NC(=O)C=C(C)C)C(=O)O. The second-order valence-electron chi connectivity index (χ2n) is 4.10. The Labute approximate surface area is 90.4 Å². The number of rotatable bonds is 5. The molecular formula is C11H19NO3. The third-order valence-electron chi connectivity index (χ3n) is 2.04. The molecule has 0 radical (unpaired) electrons. The minimum atomic E-state index is -1.17. The van der Waals surface area contributed by atoms with Crippen LogP contribution in [0.15, 0.2) is 11.6 Å². The number of aliphatic carboxylic acids is 1. The van der Waals surface area contributed by atoms with Gasteiger partial charge in [0.2, 0.25) is 5.91 Å². The molecule has 0 heterocycles. The summed E-state index contributed by atoms with van der Waals surface area (Å²) in [5.41, 5.74) is -0.325. The number of carboxylic acids is 1. The summed E-state index contributed by atoms with van der Waals surface area (Å²) in [6.07, 6.45) is 2.53. The molecule has 15 heavy (non-hydrogen) atoms. The van der Waals surface area contributed by atoms with E-state index < -0.39 is 11.5 Å². The van der Waals surface area contributed by atoms with Crippen molar-refractivity contribution in [2.75, 3.05) is 0 Å². The first-order chi connectivity index (χ1) is 6.81. The third-order valence-corrected chi connectivity index (χ3v) is 2.04. The van der Waals surface area contributed by atoms with Crippen molar-refractivity contribution in [1.82, 2.24) is 5.32 Å². The topological polar surface area (TPSA) is 66.4 Å². The molecule has 0 spiro atoms. The number of allylic oxidation sites excluding steroid dienone is 1. The van der Waals surface area contributed by atoms with Gasteiger partial charge in [0.15, 0.2) is 0 Å². The van der Waals surface area contributed by atoms with Crippen molar-refractivity contribution in [3.63, 3.8) is 0 Å². The Kier molecular flexibility index (Phi) is 5.05. The number of hydrogen-bond donors (Lipinski definition) is 2. The molecule has 0 aliphatic heterocycles. The Balaban J connectivity index is 4.63. The molecule has 1 atom stereocenters. The van der Waals surface area contributed by atoms with Gasteiger partial charge in [-0.05, 0) is 27.2 Å². The van der Waals surface area contributed by atoms with Gasteiger partial charge in [-0.25, -0.2) is 4.79 Å². The first-order valence-electron chi connectivity index (χ1n) is 5.02. The van der Waals surface area contributed by atoms with Gasteiger partial charge in [0.1, 0.15) is 5.54 Å². The van der Waals surface area contributed by atoms with E-state index in [4.69, 9.17) is 5.11 Å². The van der Waals surface area contributed by atoms with E-state index >= 15 is 0 Å². The number of hydrogen-bond acceptors (Lipinski definition) is 2. The summed E-state index contributed by atoms with van der Waals surface area (Å²) in [7, 11) is 0. The molecule has 4 nitrogen and oxygen atoms in total. The van der Waals surface area contributed by atoms with Gasteiger partial charge in [-0.1, -0.05) is 18.9 Å². The summed E-state index contributed by atoms with van der Waals surface area (Å²) in [5, 5.41) is 11.5. The van der Waals surface area contributed by atoms with Gasteiger partial charge in [0, 0.05) is 6.08 Å². The number of carboxylic acid groups (broad SMARTS) is 1. The van der Waals surface area contributed by atoms with Crippen LogP contribution in [0.25, 0.3) is 0 Å². The number of amides is 1. The van der Waals surface area contributed by atoms with Crippen LogP contribution in [0.5, 0.6) is 0 Å². The Hall–Kier alpha value is -1.32. The number of nitrogens with one attached hydrogen (secondary N) is 1. The van der Waals surface area contributed by atoms with Gasteiger partial charge in [0.25, 0.3) is 0 Å². The third kappa shape index (κ3) is 4.63. The number of carbonyl (C=O) groups is 2. The highest BCUT2D eigenvalue weighted by atomic mass is 16.4. The van der Waals surface area contributed by atoms with Crippen LogP contribution in [0.3, 0.4) is 0 Å². The van der Waals surface area contributed by atoms with Crippen molar-refractivity contribution in [2.45, 2.75) is 46.1 Å². The van der Waals surface area contributed by atoms with Crippen molar-refractivity contribution in [3.8, 4) is 0 Å². The highest BCUT2D eigenvalue weighted by molar-refractivity contribution is 5.93. The molecule has 0 aliphatic rings. The molecule has 2 N–H and O–H groups in total.